The molecule has 0 bridgehead atoms. The number of methoxy groups -OCH3 is 1. The summed E-state index contributed by atoms with van der Waals surface area (Å²) in [4.78, 5) is 50.0. The minimum Gasteiger partial charge on any atom is -0.494 e. The second kappa shape index (κ2) is 10.5. The minimum atomic E-state index is -0.676. The summed E-state index contributed by atoms with van der Waals surface area (Å²) in [5, 5.41) is 14.6. The van der Waals surface area contributed by atoms with Gasteiger partial charge in [-0.25, -0.2) is 9.67 Å². The van der Waals surface area contributed by atoms with Crippen molar-refractivity contribution in [3.8, 4) is 11.6 Å². The van der Waals surface area contributed by atoms with Crippen molar-refractivity contribution in [1.29, 1.82) is 0 Å². The molecule has 1 aliphatic rings. The van der Waals surface area contributed by atoms with Gasteiger partial charge in [-0.1, -0.05) is 18.2 Å². The summed E-state index contributed by atoms with van der Waals surface area (Å²) in [5.74, 6) is -0.644. The fourth-order valence-corrected chi connectivity index (χ4v) is 4.64. The highest BCUT2D eigenvalue weighted by atomic mass is 16.5. The van der Waals surface area contributed by atoms with Crippen LogP contribution in [0.3, 0.4) is 0 Å². The lowest BCUT2D eigenvalue weighted by atomic mass is 10.1. The molecule has 11 nitrogen and oxygen atoms in total. The molecule has 1 aliphatic heterocycles. The number of H-pyrrole nitrogens is 1. The lowest BCUT2D eigenvalue weighted by Gasteiger charge is -2.34. The van der Waals surface area contributed by atoms with Gasteiger partial charge in [0.05, 0.1) is 41.6 Å². The van der Waals surface area contributed by atoms with Gasteiger partial charge in [0.1, 0.15) is 5.75 Å². The number of amides is 2. The zero-order chi connectivity index (χ0) is 26.8. The Morgan fingerprint density at radius 3 is 2.47 bits per heavy atom. The zero-order valence-corrected chi connectivity index (χ0v) is 21.1. The monoisotopic (exact) mass is 516 g/mol. The van der Waals surface area contributed by atoms with Crippen LogP contribution in [0.15, 0.2) is 55.0 Å². The fourth-order valence-electron chi connectivity index (χ4n) is 4.64. The molecule has 38 heavy (non-hydrogen) atoms. The normalized spacial score (nSPS) is 14.5. The van der Waals surface area contributed by atoms with Gasteiger partial charge in [-0.3, -0.25) is 14.4 Å². The molecule has 4 heterocycles. The summed E-state index contributed by atoms with van der Waals surface area (Å²) in [6, 6.07) is 10.8. The smallest absolute Gasteiger partial charge is 0.295 e. The van der Waals surface area contributed by atoms with E-state index in [-0.39, 0.29) is 24.6 Å². The van der Waals surface area contributed by atoms with E-state index in [9.17, 15) is 19.5 Å². The summed E-state index contributed by atoms with van der Waals surface area (Å²) in [6.07, 6.45) is 4.53. The number of ether oxygens (including phenoxy) is 1. The van der Waals surface area contributed by atoms with Crippen LogP contribution in [0.1, 0.15) is 33.3 Å². The summed E-state index contributed by atoms with van der Waals surface area (Å²) < 4.78 is 7.02. The molecule has 11 heteroatoms. The van der Waals surface area contributed by atoms with Gasteiger partial charge >= 0.3 is 0 Å². The van der Waals surface area contributed by atoms with Crippen LogP contribution in [0.5, 0.6) is 5.75 Å². The highest BCUT2D eigenvalue weighted by Crippen LogP contribution is 2.32. The number of piperazine rings is 1. The third-order valence-electron chi connectivity index (χ3n) is 6.55. The van der Waals surface area contributed by atoms with E-state index >= 15 is 0 Å². The first-order valence-electron chi connectivity index (χ1n) is 12.3. The van der Waals surface area contributed by atoms with Crippen LogP contribution in [-0.2, 0) is 11.2 Å². The summed E-state index contributed by atoms with van der Waals surface area (Å²) >= 11 is 0. The van der Waals surface area contributed by atoms with Crippen molar-refractivity contribution in [3.05, 3.63) is 71.8 Å². The van der Waals surface area contributed by atoms with Crippen LogP contribution in [0.25, 0.3) is 16.7 Å². The second-order valence-electron chi connectivity index (χ2n) is 9.19. The Morgan fingerprint density at radius 2 is 1.79 bits per heavy atom. The second-order valence-corrected chi connectivity index (χ2v) is 9.19. The van der Waals surface area contributed by atoms with Gasteiger partial charge in [-0.15, -0.1) is 0 Å². The van der Waals surface area contributed by atoms with Crippen LogP contribution in [-0.4, -0.2) is 91.6 Å². The number of ketones is 1. The number of hydrogen-bond donors (Lipinski definition) is 2. The number of aromatic amines is 1. The molecule has 2 N–H and O–H groups in total. The first-order chi connectivity index (χ1) is 18.4. The van der Waals surface area contributed by atoms with Crippen LogP contribution in [0.4, 0.5) is 0 Å². The number of Topliss-reactive ketones (excluding diaryl/α,β-unsaturated/α-hetero) is 1. The first kappa shape index (κ1) is 25.2. The van der Waals surface area contributed by atoms with Crippen molar-refractivity contribution in [2.24, 2.45) is 0 Å². The van der Waals surface area contributed by atoms with Crippen LogP contribution >= 0.6 is 0 Å². The van der Waals surface area contributed by atoms with Gasteiger partial charge < -0.3 is 24.6 Å². The molecule has 0 spiro atoms. The Balaban J connectivity index is 1.36. The topological polar surface area (TPSA) is 134 Å². The number of hydrogen-bond acceptors (Lipinski definition) is 7. The van der Waals surface area contributed by atoms with E-state index in [1.165, 1.54) is 24.4 Å². The lowest BCUT2D eigenvalue weighted by Crippen LogP contribution is -2.52. The van der Waals surface area contributed by atoms with Gasteiger partial charge in [-0.05, 0) is 25.1 Å². The number of carbonyl (C=O) groups is 3. The molecule has 1 unspecified atom stereocenters. The molecular formula is C27H28N6O5. The van der Waals surface area contributed by atoms with E-state index < -0.39 is 17.8 Å². The molecule has 1 fully saturated rings. The van der Waals surface area contributed by atoms with Crippen molar-refractivity contribution in [2.75, 3.05) is 33.3 Å². The first-order valence-corrected chi connectivity index (χ1v) is 12.3. The van der Waals surface area contributed by atoms with Gasteiger partial charge in [0.15, 0.2) is 5.82 Å². The number of nitrogens with zero attached hydrogens (tertiary/aromatic N) is 5. The van der Waals surface area contributed by atoms with Crippen LogP contribution in [0.2, 0.25) is 0 Å². The van der Waals surface area contributed by atoms with Crippen molar-refractivity contribution in [2.45, 2.75) is 19.4 Å². The average Bonchev–Trinajstić information content (AvgIpc) is 3.59. The molecule has 2 amide bonds. The quantitative estimate of drug-likeness (QED) is 0.283. The van der Waals surface area contributed by atoms with E-state index in [4.69, 9.17) is 4.74 Å². The maximum atomic E-state index is 13.4. The molecular weight excluding hydrogens is 488 g/mol. The molecule has 5 rings (SSSR count). The Labute approximate surface area is 218 Å². The number of pyridine rings is 1. The van der Waals surface area contributed by atoms with Gasteiger partial charge in [-0.2, -0.15) is 5.10 Å². The predicted molar refractivity (Wildman–Crippen MR) is 138 cm³/mol. The lowest BCUT2D eigenvalue weighted by molar-refractivity contribution is -0.127. The summed E-state index contributed by atoms with van der Waals surface area (Å²) in [6.45, 7) is 2.88. The molecule has 1 saturated heterocycles. The third-order valence-corrected chi connectivity index (χ3v) is 6.55. The van der Waals surface area contributed by atoms with Gasteiger partial charge in [0, 0.05) is 50.6 Å². The Morgan fingerprint density at radius 1 is 1.08 bits per heavy atom. The Kier molecular flexibility index (Phi) is 6.93. The van der Waals surface area contributed by atoms with Crippen molar-refractivity contribution < 1.29 is 24.2 Å². The van der Waals surface area contributed by atoms with Crippen LogP contribution in [0, 0.1) is 0 Å². The van der Waals surface area contributed by atoms with E-state index in [0.29, 0.717) is 53.2 Å². The third kappa shape index (κ3) is 4.75. The number of nitrogens with one attached hydrogen (secondary N) is 1. The predicted octanol–water partition coefficient (Wildman–Crippen LogP) is 1.85. The highest BCUT2D eigenvalue weighted by molar-refractivity contribution is 6.45. The molecule has 1 atom stereocenters. The maximum absolute atomic E-state index is 13.4. The fraction of sp³-hybridized carbons (Fsp3) is 0.296. The molecule has 0 saturated carbocycles. The number of carbonyl (C=O) groups excluding carboxylic acids is 3. The molecule has 0 radical (unpaired) electrons. The van der Waals surface area contributed by atoms with E-state index in [1.54, 1.807) is 40.9 Å². The molecule has 3 aromatic heterocycles. The number of benzene rings is 1. The highest BCUT2D eigenvalue weighted by Gasteiger charge is 2.31. The number of aliphatic hydroxyl groups is 1. The van der Waals surface area contributed by atoms with Crippen molar-refractivity contribution in [1.82, 2.24) is 29.5 Å². The average molecular weight is 517 g/mol. The van der Waals surface area contributed by atoms with E-state index in [2.05, 4.69) is 15.1 Å². The van der Waals surface area contributed by atoms with Crippen LogP contribution < -0.4 is 4.74 Å². The largest absolute Gasteiger partial charge is 0.494 e. The summed E-state index contributed by atoms with van der Waals surface area (Å²) in [5.41, 5.74) is 1.94. The number of rotatable bonds is 7. The number of fused-ring (bicyclic) bond motifs is 1. The maximum Gasteiger partial charge on any atom is 0.295 e. The number of aliphatic hydroxyl groups excluding tert-OH is 1. The van der Waals surface area contributed by atoms with Gasteiger partial charge in [0.2, 0.25) is 0 Å². The molecule has 0 aliphatic carbocycles. The van der Waals surface area contributed by atoms with E-state index in [0.717, 1.165) is 0 Å². The Bertz CT molecular complexity index is 1480. The molecule has 196 valence electrons. The van der Waals surface area contributed by atoms with Crippen molar-refractivity contribution in [3.63, 3.8) is 0 Å². The Hall–Kier alpha value is -4.51. The SMILES string of the molecule is COc1cnc(-n2ccc(CC(C)O)n2)c2[nH]cc(C(=O)C(=O)N3CCN(C(=O)c4ccccc4)CC3)c12. The van der Waals surface area contributed by atoms with E-state index in [1.807, 2.05) is 18.2 Å². The molecule has 4 aromatic rings. The summed E-state index contributed by atoms with van der Waals surface area (Å²) in [7, 11) is 1.47. The standard InChI is InChI=1S/C27H28N6O5/c1-17(34)14-19-8-9-33(30-19)25-23-22(21(38-2)16-29-25)20(15-28-23)24(35)27(37)32-12-10-31(11-13-32)26(36)18-6-4-3-5-7-18/h3-9,15-17,28,34H,10-14H2,1-2H3. The van der Waals surface area contributed by atoms with Gasteiger partial charge in [0.25, 0.3) is 17.6 Å². The van der Waals surface area contributed by atoms with Crippen molar-refractivity contribution >= 4 is 28.5 Å². The minimum absolute atomic E-state index is 0.0966. The number of aromatic nitrogens is 4. The zero-order valence-electron chi connectivity index (χ0n) is 21.1. The molecule has 1 aromatic carbocycles.